The van der Waals surface area contributed by atoms with Crippen LogP contribution in [0.15, 0.2) is 12.2 Å². The van der Waals surface area contributed by atoms with Crippen LogP contribution in [0.4, 0.5) is 0 Å². The lowest BCUT2D eigenvalue weighted by Gasteiger charge is -2.59. The minimum Gasteiger partial charge on any atom is -0.458 e. The van der Waals surface area contributed by atoms with E-state index in [4.69, 9.17) is 16.3 Å². The summed E-state index contributed by atoms with van der Waals surface area (Å²) in [7, 11) is 0. The minimum atomic E-state index is -0.684. The Kier molecular flexibility index (Phi) is 2.82. The number of hydrogen-bond acceptors (Lipinski definition) is 3. The van der Waals surface area contributed by atoms with Crippen molar-refractivity contribution < 1.29 is 14.6 Å². The third kappa shape index (κ3) is 1.58. The van der Waals surface area contributed by atoms with Crippen LogP contribution in [-0.4, -0.2) is 28.2 Å². The van der Waals surface area contributed by atoms with Crippen LogP contribution in [0.25, 0.3) is 0 Å². The van der Waals surface area contributed by atoms with E-state index in [0.29, 0.717) is 17.9 Å². The van der Waals surface area contributed by atoms with Gasteiger partial charge >= 0.3 is 5.97 Å². The summed E-state index contributed by atoms with van der Waals surface area (Å²) in [5.74, 6) is 0.203. The van der Waals surface area contributed by atoms with E-state index in [2.05, 4.69) is 20.4 Å². The van der Waals surface area contributed by atoms with Gasteiger partial charge in [0.05, 0.1) is 11.0 Å². The largest absolute Gasteiger partial charge is 0.458 e. The molecule has 0 radical (unpaired) electrons. The van der Waals surface area contributed by atoms with E-state index in [0.717, 1.165) is 19.3 Å². The molecule has 3 fully saturated rings. The fourth-order valence-corrected chi connectivity index (χ4v) is 4.87. The van der Waals surface area contributed by atoms with E-state index in [-0.39, 0.29) is 23.4 Å². The lowest BCUT2D eigenvalue weighted by Crippen LogP contribution is -2.62. The van der Waals surface area contributed by atoms with E-state index < -0.39 is 11.0 Å². The molecule has 3 nitrogen and oxygen atoms in total. The van der Waals surface area contributed by atoms with Gasteiger partial charge in [-0.3, -0.25) is 0 Å². The Morgan fingerprint density at radius 3 is 2.79 bits per heavy atom. The maximum absolute atomic E-state index is 11.7. The van der Waals surface area contributed by atoms with Crippen LogP contribution < -0.4 is 0 Å². The molecule has 4 heteroatoms. The van der Waals surface area contributed by atoms with Crippen molar-refractivity contribution in [2.24, 2.45) is 17.3 Å². The zero-order valence-electron chi connectivity index (χ0n) is 11.5. The maximum atomic E-state index is 11.7. The molecule has 19 heavy (non-hydrogen) atoms. The smallest absolute Gasteiger partial charge is 0.334 e. The van der Waals surface area contributed by atoms with E-state index in [1.807, 2.05) is 0 Å². The Labute approximate surface area is 119 Å². The van der Waals surface area contributed by atoms with Gasteiger partial charge in [0.25, 0.3) is 0 Å². The molecule has 0 aromatic rings. The number of alkyl halides is 1. The zero-order valence-corrected chi connectivity index (χ0v) is 12.2. The van der Waals surface area contributed by atoms with Gasteiger partial charge in [-0.25, -0.2) is 4.79 Å². The van der Waals surface area contributed by atoms with Gasteiger partial charge in [-0.05, 0) is 30.6 Å². The van der Waals surface area contributed by atoms with Crippen molar-refractivity contribution in [1.29, 1.82) is 0 Å². The highest BCUT2D eigenvalue weighted by Gasteiger charge is 2.64. The van der Waals surface area contributed by atoms with Crippen molar-refractivity contribution in [3.05, 3.63) is 12.2 Å². The number of carbonyl (C=O) groups excluding carboxylic acids is 1. The number of hydrogen-bond donors (Lipinski definition) is 1. The first kappa shape index (κ1) is 13.4. The van der Waals surface area contributed by atoms with Crippen LogP contribution >= 0.6 is 11.6 Å². The van der Waals surface area contributed by atoms with Gasteiger partial charge in [-0.2, -0.15) is 0 Å². The van der Waals surface area contributed by atoms with Gasteiger partial charge in [-0.1, -0.05) is 20.4 Å². The molecule has 0 unspecified atom stereocenters. The van der Waals surface area contributed by atoms with Crippen LogP contribution in [0.1, 0.15) is 39.5 Å². The summed E-state index contributed by atoms with van der Waals surface area (Å²) in [6.45, 7) is 8.23. The number of esters is 1. The van der Waals surface area contributed by atoms with Crippen molar-refractivity contribution in [2.45, 2.75) is 56.6 Å². The molecule has 106 valence electrons. The summed E-state index contributed by atoms with van der Waals surface area (Å²) < 4.78 is 5.39. The van der Waals surface area contributed by atoms with Crippen molar-refractivity contribution in [2.75, 3.05) is 0 Å². The monoisotopic (exact) mass is 284 g/mol. The Balaban J connectivity index is 2.01. The van der Waals surface area contributed by atoms with Crippen molar-refractivity contribution in [3.8, 4) is 0 Å². The molecule has 2 aliphatic carbocycles. The number of rotatable bonds is 0. The molecule has 0 aromatic heterocycles. The fraction of sp³-hybridized carbons (Fsp3) is 0.800. The van der Waals surface area contributed by atoms with Crippen LogP contribution in [0, 0.1) is 17.3 Å². The zero-order chi connectivity index (χ0) is 14.0. The molecule has 1 aliphatic heterocycles. The molecule has 6 atom stereocenters. The van der Waals surface area contributed by atoms with Gasteiger partial charge in [0, 0.05) is 17.9 Å². The molecule has 1 N–H and O–H groups in total. The highest BCUT2D eigenvalue weighted by molar-refractivity contribution is 6.25. The second kappa shape index (κ2) is 3.98. The molecule has 1 heterocycles. The molecule has 0 amide bonds. The van der Waals surface area contributed by atoms with Crippen LogP contribution in [-0.2, 0) is 9.53 Å². The number of aliphatic hydroxyl groups is 1. The summed E-state index contributed by atoms with van der Waals surface area (Å²) in [6.07, 6.45) is 2.29. The molecular formula is C15H21ClO3. The number of ether oxygens (including phenoxy) is 1. The van der Waals surface area contributed by atoms with E-state index in [1.165, 1.54) is 0 Å². The van der Waals surface area contributed by atoms with E-state index in [9.17, 15) is 9.90 Å². The van der Waals surface area contributed by atoms with E-state index >= 15 is 0 Å². The maximum Gasteiger partial charge on any atom is 0.334 e. The summed E-state index contributed by atoms with van der Waals surface area (Å²) in [6, 6.07) is 0. The second-order valence-electron chi connectivity index (χ2n) is 6.76. The fourth-order valence-electron chi connectivity index (χ4n) is 4.34. The lowest BCUT2D eigenvalue weighted by molar-refractivity contribution is -0.145. The van der Waals surface area contributed by atoms with Gasteiger partial charge in [0.1, 0.15) is 6.10 Å². The Morgan fingerprint density at radius 2 is 2.11 bits per heavy atom. The summed E-state index contributed by atoms with van der Waals surface area (Å²) >= 11 is 6.85. The highest BCUT2D eigenvalue weighted by atomic mass is 35.5. The number of carbonyl (C=O) groups is 1. The standard InChI is InChI=1S/C15H21ClO3/c1-8-4-5-12(17)15(16)7-11-10(6-14(8,15)3)9(2)13(18)19-11/h8,10-12,17H,2,4-7H2,1,3H3/t8-,10+,11+,12+,14+,15-/m0/s1. The van der Waals surface area contributed by atoms with Gasteiger partial charge in [0.15, 0.2) is 0 Å². The van der Waals surface area contributed by atoms with Crippen molar-refractivity contribution >= 4 is 17.6 Å². The quantitative estimate of drug-likeness (QED) is 0.423. The average Bonchev–Trinajstić information content (AvgIpc) is 2.61. The lowest BCUT2D eigenvalue weighted by atomic mass is 9.51. The molecule has 1 saturated heterocycles. The summed E-state index contributed by atoms with van der Waals surface area (Å²) in [5.41, 5.74) is 0.404. The molecule has 3 rings (SSSR count). The topological polar surface area (TPSA) is 46.5 Å². The molecule has 0 aromatic carbocycles. The summed E-state index contributed by atoms with van der Waals surface area (Å²) in [4.78, 5) is 11.0. The van der Waals surface area contributed by atoms with Gasteiger partial charge in [-0.15, -0.1) is 11.6 Å². The molecular weight excluding hydrogens is 264 g/mol. The van der Waals surface area contributed by atoms with Gasteiger partial charge in [0.2, 0.25) is 0 Å². The van der Waals surface area contributed by atoms with Crippen molar-refractivity contribution in [1.82, 2.24) is 0 Å². The van der Waals surface area contributed by atoms with Crippen LogP contribution in [0.5, 0.6) is 0 Å². The second-order valence-corrected chi connectivity index (χ2v) is 7.43. The highest BCUT2D eigenvalue weighted by Crippen LogP contribution is 2.62. The number of halogens is 1. The third-order valence-corrected chi connectivity index (χ3v) is 6.84. The molecule has 0 spiro atoms. The minimum absolute atomic E-state index is 0.0668. The normalized spacial score (nSPS) is 53.5. The molecule has 3 aliphatic rings. The molecule has 0 bridgehead atoms. The first-order chi connectivity index (χ1) is 8.79. The van der Waals surface area contributed by atoms with E-state index in [1.54, 1.807) is 0 Å². The number of aliphatic hydroxyl groups excluding tert-OH is 1. The van der Waals surface area contributed by atoms with Gasteiger partial charge < -0.3 is 9.84 Å². The Bertz CT molecular complexity index is 449. The third-order valence-electron chi connectivity index (χ3n) is 6.00. The Morgan fingerprint density at radius 1 is 1.42 bits per heavy atom. The Hall–Kier alpha value is -0.540. The predicted octanol–water partition coefficient (Wildman–Crippen LogP) is 2.65. The first-order valence-corrected chi connectivity index (χ1v) is 7.44. The average molecular weight is 285 g/mol. The number of fused-ring (bicyclic) bond motifs is 2. The summed E-state index contributed by atoms with van der Waals surface area (Å²) in [5, 5.41) is 10.4. The SMILES string of the molecule is C=C1C(=O)O[C@@H]2C[C@]3(Cl)[C@H](O)CC[C@H](C)[C@@]3(C)C[C@H]12. The van der Waals surface area contributed by atoms with Crippen LogP contribution in [0.3, 0.4) is 0 Å². The van der Waals surface area contributed by atoms with Crippen molar-refractivity contribution in [3.63, 3.8) is 0 Å². The molecule has 2 saturated carbocycles. The first-order valence-electron chi connectivity index (χ1n) is 7.06. The predicted molar refractivity (Wildman–Crippen MR) is 72.8 cm³/mol. The van der Waals surface area contributed by atoms with Crippen LogP contribution in [0.2, 0.25) is 0 Å².